The molecular weight excluding hydrogens is 148 g/mol. The molecule has 2 N–H and O–H groups in total. The average Bonchev–Trinajstić information content (AvgIpc) is 1.94. The number of carbonyl (C=O) groups excluding carboxylic acids is 3. The monoisotopic (exact) mass is 154 g/mol. The zero-order valence-electron chi connectivity index (χ0n) is 5.59. The molecule has 0 saturated heterocycles. The molecular formula is C7H6O4. The lowest BCUT2D eigenvalue weighted by molar-refractivity contribution is -0.117. The predicted molar refractivity (Wildman–Crippen MR) is 36.6 cm³/mol. The van der Waals surface area contributed by atoms with Gasteiger partial charge in [0.25, 0.3) is 0 Å². The molecule has 0 aromatic heterocycles. The van der Waals surface area contributed by atoms with E-state index in [1.165, 1.54) is 12.0 Å². The Morgan fingerprint density at radius 1 is 1.27 bits per heavy atom. The standard InChI is InChI=1S/C7H4O3.H2O/c8-4-5-3-6(9)1-2-7(5)10;/h1-2H,3H2;1H2. The first-order valence-corrected chi connectivity index (χ1v) is 2.73. The fourth-order valence-electron chi connectivity index (χ4n) is 0.676. The van der Waals surface area contributed by atoms with Crippen molar-refractivity contribution >= 4 is 17.5 Å². The van der Waals surface area contributed by atoms with Crippen molar-refractivity contribution in [1.29, 1.82) is 0 Å². The van der Waals surface area contributed by atoms with Gasteiger partial charge in [-0.25, -0.2) is 4.79 Å². The first kappa shape index (κ1) is 9.49. The maximum Gasteiger partial charge on any atom is 0.193 e. The topological polar surface area (TPSA) is 82.7 Å². The normalized spacial score (nSPS) is 15.8. The minimum atomic E-state index is -0.408. The minimum Gasteiger partial charge on any atom is -0.412 e. The highest BCUT2D eigenvalue weighted by molar-refractivity contribution is 6.18. The van der Waals surface area contributed by atoms with Gasteiger partial charge in [0.2, 0.25) is 0 Å². The third-order valence-corrected chi connectivity index (χ3v) is 1.19. The highest BCUT2D eigenvalue weighted by Crippen LogP contribution is 2.06. The Morgan fingerprint density at radius 3 is 2.36 bits per heavy atom. The summed E-state index contributed by atoms with van der Waals surface area (Å²) < 4.78 is 0. The van der Waals surface area contributed by atoms with Crippen molar-refractivity contribution in [3.8, 4) is 0 Å². The van der Waals surface area contributed by atoms with Gasteiger partial charge in [-0.3, -0.25) is 9.59 Å². The molecule has 0 heterocycles. The van der Waals surface area contributed by atoms with Crippen molar-refractivity contribution in [3.05, 3.63) is 17.7 Å². The molecule has 0 unspecified atom stereocenters. The molecule has 4 heteroatoms. The summed E-state index contributed by atoms with van der Waals surface area (Å²) in [7, 11) is 0. The molecule has 0 amide bonds. The van der Waals surface area contributed by atoms with Crippen LogP contribution in [-0.2, 0) is 14.4 Å². The van der Waals surface area contributed by atoms with Gasteiger partial charge < -0.3 is 5.48 Å². The third-order valence-electron chi connectivity index (χ3n) is 1.19. The zero-order chi connectivity index (χ0) is 7.56. The summed E-state index contributed by atoms with van der Waals surface area (Å²) in [5.41, 5.74) is -0.0764. The lowest BCUT2D eigenvalue weighted by Crippen LogP contribution is -2.10. The van der Waals surface area contributed by atoms with Crippen LogP contribution in [0.1, 0.15) is 6.42 Å². The van der Waals surface area contributed by atoms with Gasteiger partial charge in [0.1, 0.15) is 5.94 Å². The van der Waals surface area contributed by atoms with Gasteiger partial charge in [-0.15, -0.1) is 0 Å². The maximum atomic E-state index is 10.6. The molecule has 1 aliphatic carbocycles. The Kier molecular flexibility index (Phi) is 3.11. The van der Waals surface area contributed by atoms with Crippen LogP contribution in [0, 0.1) is 0 Å². The van der Waals surface area contributed by atoms with E-state index in [1.807, 2.05) is 0 Å². The fourth-order valence-corrected chi connectivity index (χ4v) is 0.676. The second-order valence-electron chi connectivity index (χ2n) is 1.92. The molecule has 0 aromatic carbocycles. The number of hydrogen-bond acceptors (Lipinski definition) is 3. The van der Waals surface area contributed by atoms with Gasteiger partial charge in [0.05, 0.1) is 5.57 Å². The Balaban J connectivity index is 0.000001000. The second kappa shape index (κ2) is 3.61. The first-order chi connectivity index (χ1) is 4.74. The van der Waals surface area contributed by atoms with E-state index < -0.39 is 5.78 Å². The average molecular weight is 154 g/mol. The molecule has 0 atom stereocenters. The number of carbonyl (C=O) groups is 2. The summed E-state index contributed by atoms with van der Waals surface area (Å²) in [5.74, 6) is 0.797. The highest BCUT2D eigenvalue weighted by atomic mass is 16.1. The Hall–Kier alpha value is -1.51. The molecule has 11 heavy (non-hydrogen) atoms. The van der Waals surface area contributed by atoms with Crippen LogP contribution in [0.15, 0.2) is 17.7 Å². The van der Waals surface area contributed by atoms with Crippen molar-refractivity contribution in [1.82, 2.24) is 0 Å². The van der Waals surface area contributed by atoms with Crippen LogP contribution in [0.25, 0.3) is 0 Å². The summed E-state index contributed by atoms with van der Waals surface area (Å²) in [6.45, 7) is 0. The summed E-state index contributed by atoms with van der Waals surface area (Å²) in [6, 6.07) is 0. The van der Waals surface area contributed by atoms with Gasteiger partial charge >= 0.3 is 0 Å². The van der Waals surface area contributed by atoms with Crippen LogP contribution < -0.4 is 0 Å². The summed E-state index contributed by atoms with van der Waals surface area (Å²) >= 11 is 0. The van der Waals surface area contributed by atoms with Crippen molar-refractivity contribution in [2.24, 2.45) is 0 Å². The molecule has 0 saturated carbocycles. The first-order valence-electron chi connectivity index (χ1n) is 2.73. The highest BCUT2D eigenvalue weighted by Gasteiger charge is 2.15. The molecule has 58 valence electrons. The number of hydrogen-bond donors (Lipinski definition) is 0. The molecule has 0 radical (unpaired) electrons. The fraction of sp³-hybridized carbons (Fsp3) is 0.143. The third kappa shape index (κ3) is 1.97. The smallest absolute Gasteiger partial charge is 0.193 e. The predicted octanol–water partition coefficient (Wildman–Crippen LogP) is -0.982. The molecule has 1 aliphatic rings. The maximum absolute atomic E-state index is 10.6. The van der Waals surface area contributed by atoms with Crippen molar-refractivity contribution in [2.75, 3.05) is 0 Å². The SMILES string of the molecule is O.O=C=C1CC(=O)C=CC1=O. The van der Waals surface area contributed by atoms with E-state index in [2.05, 4.69) is 0 Å². The van der Waals surface area contributed by atoms with Crippen LogP contribution in [0.5, 0.6) is 0 Å². The summed E-state index contributed by atoms with van der Waals surface area (Å²) in [5, 5.41) is 0. The van der Waals surface area contributed by atoms with Gasteiger partial charge in [-0.2, -0.15) is 0 Å². The lowest BCUT2D eigenvalue weighted by atomic mass is 10.0. The molecule has 4 nitrogen and oxygen atoms in total. The van der Waals surface area contributed by atoms with Crippen molar-refractivity contribution in [2.45, 2.75) is 6.42 Å². The van der Waals surface area contributed by atoms with Gasteiger partial charge in [-0.1, -0.05) is 0 Å². The number of allylic oxidation sites excluding steroid dienone is 3. The van der Waals surface area contributed by atoms with E-state index in [0.717, 1.165) is 6.08 Å². The molecule has 0 fully saturated rings. The Morgan fingerprint density at radius 2 is 1.91 bits per heavy atom. The quantitative estimate of drug-likeness (QED) is 0.332. The molecule has 0 bridgehead atoms. The molecule has 1 rings (SSSR count). The van der Waals surface area contributed by atoms with E-state index in [4.69, 9.17) is 0 Å². The van der Waals surface area contributed by atoms with E-state index >= 15 is 0 Å². The number of rotatable bonds is 0. The van der Waals surface area contributed by atoms with Crippen LogP contribution >= 0.6 is 0 Å². The van der Waals surface area contributed by atoms with Gasteiger partial charge in [0.15, 0.2) is 11.6 Å². The van der Waals surface area contributed by atoms with Gasteiger partial charge in [-0.05, 0) is 12.2 Å². The molecule has 0 aliphatic heterocycles. The zero-order valence-corrected chi connectivity index (χ0v) is 5.59. The van der Waals surface area contributed by atoms with E-state index in [-0.39, 0.29) is 23.3 Å². The van der Waals surface area contributed by atoms with E-state index in [1.54, 1.807) is 0 Å². The largest absolute Gasteiger partial charge is 0.412 e. The Bertz CT molecular complexity index is 268. The van der Waals surface area contributed by atoms with E-state index in [0.29, 0.717) is 0 Å². The van der Waals surface area contributed by atoms with Crippen LogP contribution in [0.4, 0.5) is 0 Å². The van der Waals surface area contributed by atoms with Crippen LogP contribution in [0.3, 0.4) is 0 Å². The summed E-state index contributed by atoms with van der Waals surface area (Å²) in [4.78, 5) is 31.1. The van der Waals surface area contributed by atoms with Crippen molar-refractivity contribution < 1.29 is 19.9 Å². The Labute approximate surface area is 62.5 Å². The van der Waals surface area contributed by atoms with Gasteiger partial charge in [0, 0.05) is 6.42 Å². The minimum absolute atomic E-state index is 0. The number of ketones is 2. The van der Waals surface area contributed by atoms with Crippen LogP contribution in [-0.4, -0.2) is 23.0 Å². The van der Waals surface area contributed by atoms with Crippen LogP contribution in [0.2, 0.25) is 0 Å². The summed E-state index contributed by atoms with van der Waals surface area (Å²) in [6.07, 6.45) is 2.16. The van der Waals surface area contributed by atoms with Crippen molar-refractivity contribution in [3.63, 3.8) is 0 Å². The second-order valence-corrected chi connectivity index (χ2v) is 1.92. The van der Waals surface area contributed by atoms with E-state index in [9.17, 15) is 14.4 Å². The molecule has 0 spiro atoms. The lowest BCUT2D eigenvalue weighted by Gasteiger charge is -1.99. The molecule has 0 aromatic rings.